The van der Waals surface area contributed by atoms with Gasteiger partial charge < -0.3 is 20.2 Å². The highest BCUT2D eigenvalue weighted by Gasteiger charge is 2.15. The lowest BCUT2D eigenvalue weighted by atomic mass is 10.2. The Morgan fingerprint density at radius 2 is 1.86 bits per heavy atom. The molecule has 6 nitrogen and oxygen atoms in total. The van der Waals surface area contributed by atoms with Crippen LogP contribution in [0.1, 0.15) is 18.3 Å². The highest BCUT2D eigenvalue weighted by Crippen LogP contribution is 2.15. The van der Waals surface area contributed by atoms with Gasteiger partial charge in [0.15, 0.2) is 0 Å². The molecule has 2 rings (SSSR count). The van der Waals surface area contributed by atoms with Crippen LogP contribution in [-0.2, 0) is 9.59 Å². The lowest BCUT2D eigenvalue weighted by Gasteiger charge is -2.09. The number of furan rings is 1. The van der Waals surface area contributed by atoms with E-state index >= 15 is 0 Å². The minimum Gasteiger partial charge on any atom is -0.467 e. The van der Waals surface area contributed by atoms with Crippen LogP contribution in [0, 0.1) is 0 Å². The van der Waals surface area contributed by atoms with Crippen LogP contribution in [0.15, 0.2) is 53.1 Å². The zero-order valence-corrected chi connectivity index (χ0v) is 11.3. The summed E-state index contributed by atoms with van der Waals surface area (Å²) in [6, 6.07) is 12.0. The number of amides is 2. The number of aliphatic hydroxyl groups is 1. The predicted molar refractivity (Wildman–Crippen MR) is 76.4 cm³/mol. The summed E-state index contributed by atoms with van der Waals surface area (Å²) in [4.78, 5) is 23.2. The van der Waals surface area contributed by atoms with Gasteiger partial charge in [-0.3, -0.25) is 9.59 Å². The van der Waals surface area contributed by atoms with Crippen LogP contribution in [0.3, 0.4) is 0 Å². The van der Waals surface area contributed by atoms with Crippen molar-refractivity contribution in [3.63, 3.8) is 0 Å². The second-order valence-corrected chi connectivity index (χ2v) is 4.40. The van der Waals surface area contributed by atoms with Gasteiger partial charge in [-0.1, -0.05) is 18.2 Å². The fourth-order valence-electron chi connectivity index (χ4n) is 1.74. The van der Waals surface area contributed by atoms with E-state index in [1.807, 2.05) is 6.07 Å². The summed E-state index contributed by atoms with van der Waals surface area (Å²) in [7, 11) is 0. The van der Waals surface area contributed by atoms with Crippen LogP contribution in [0.25, 0.3) is 0 Å². The molecule has 0 fully saturated rings. The number of anilines is 1. The largest absolute Gasteiger partial charge is 0.467 e. The number of aliphatic hydroxyl groups excluding tert-OH is 1. The molecule has 1 unspecified atom stereocenters. The molecule has 3 N–H and O–H groups in total. The van der Waals surface area contributed by atoms with Gasteiger partial charge in [0.2, 0.25) is 0 Å². The summed E-state index contributed by atoms with van der Waals surface area (Å²) in [5.74, 6) is -1.06. The predicted octanol–water partition coefficient (Wildman–Crippen LogP) is 1.46. The van der Waals surface area contributed by atoms with E-state index in [1.165, 1.54) is 6.26 Å². The normalized spacial score (nSPS) is 11.7. The number of carbonyl (C=O) groups excluding carboxylic acids is 2. The number of carbonyl (C=O) groups is 2. The Hall–Kier alpha value is -2.60. The Labute approximate surface area is 121 Å². The first-order chi connectivity index (χ1) is 10.2. The Balaban J connectivity index is 1.73. The van der Waals surface area contributed by atoms with Crippen molar-refractivity contribution in [3.05, 3.63) is 54.5 Å². The number of benzene rings is 1. The number of para-hydroxylation sites is 1. The summed E-state index contributed by atoms with van der Waals surface area (Å²) in [6.45, 7) is 0.170. The zero-order valence-electron chi connectivity index (χ0n) is 11.3. The van der Waals surface area contributed by atoms with Crippen molar-refractivity contribution >= 4 is 17.5 Å². The molecule has 6 heteroatoms. The monoisotopic (exact) mass is 288 g/mol. The summed E-state index contributed by atoms with van der Waals surface area (Å²) in [6.07, 6.45) is 0.917. The second kappa shape index (κ2) is 7.25. The van der Waals surface area contributed by atoms with E-state index in [1.54, 1.807) is 36.4 Å². The lowest BCUT2D eigenvalue weighted by molar-refractivity contribution is -0.136. The van der Waals surface area contributed by atoms with Crippen molar-refractivity contribution in [1.29, 1.82) is 0 Å². The molecule has 0 saturated heterocycles. The van der Waals surface area contributed by atoms with E-state index in [-0.39, 0.29) is 13.0 Å². The van der Waals surface area contributed by atoms with Crippen LogP contribution < -0.4 is 10.6 Å². The average molecular weight is 288 g/mol. The molecule has 0 aliphatic carbocycles. The molecule has 2 aromatic rings. The minimum absolute atomic E-state index is 0.170. The average Bonchev–Trinajstić information content (AvgIpc) is 3.02. The van der Waals surface area contributed by atoms with Crippen LogP contribution in [0.5, 0.6) is 0 Å². The molecule has 0 radical (unpaired) electrons. The first kappa shape index (κ1) is 14.8. The summed E-state index contributed by atoms with van der Waals surface area (Å²) in [5, 5.41) is 14.7. The van der Waals surface area contributed by atoms with Crippen LogP contribution in [0.4, 0.5) is 5.69 Å². The van der Waals surface area contributed by atoms with Crippen molar-refractivity contribution in [2.24, 2.45) is 0 Å². The number of rotatable bonds is 5. The van der Waals surface area contributed by atoms with Gasteiger partial charge in [0, 0.05) is 12.2 Å². The van der Waals surface area contributed by atoms with Crippen molar-refractivity contribution in [2.45, 2.75) is 12.5 Å². The third-order valence-electron chi connectivity index (χ3n) is 2.81. The fourth-order valence-corrected chi connectivity index (χ4v) is 1.74. The molecule has 1 heterocycles. The fraction of sp³-hybridized carbons (Fsp3) is 0.200. The topological polar surface area (TPSA) is 91.6 Å². The van der Waals surface area contributed by atoms with Gasteiger partial charge >= 0.3 is 11.8 Å². The van der Waals surface area contributed by atoms with Gasteiger partial charge in [0.05, 0.1) is 6.26 Å². The van der Waals surface area contributed by atoms with Gasteiger partial charge in [-0.15, -0.1) is 0 Å². The van der Waals surface area contributed by atoms with E-state index in [0.717, 1.165) is 0 Å². The highest BCUT2D eigenvalue weighted by atomic mass is 16.4. The summed E-state index contributed by atoms with van der Waals surface area (Å²) in [5.41, 5.74) is 0.549. The Bertz CT molecular complexity index is 581. The molecule has 0 saturated carbocycles. The van der Waals surface area contributed by atoms with E-state index < -0.39 is 17.9 Å². The van der Waals surface area contributed by atoms with E-state index in [9.17, 15) is 14.7 Å². The summed E-state index contributed by atoms with van der Waals surface area (Å²) < 4.78 is 5.04. The van der Waals surface area contributed by atoms with Crippen LogP contribution in [0.2, 0.25) is 0 Å². The Morgan fingerprint density at radius 3 is 2.52 bits per heavy atom. The zero-order chi connectivity index (χ0) is 15.1. The highest BCUT2D eigenvalue weighted by molar-refractivity contribution is 6.39. The molecule has 21 heavy (non-hydrogen) atoms. The Morgan fingerprint density at radius 1 is 1.10 bits per heavy atom. The molecule has 0 aliphatic rings. The molecule has 0 aliphatic heterocycles. The molecular weight excluding hydrogens is 272 g/mol. The summed E-state index contributed by atoms with van der Waals surface area (Å²) >= 11 is 0. The molecule has 0 bridgehead atoms. The van der Waals surface area contributed by atoms with Crippen LogP contribution in [-0.4, -0.2) is 23.5 Å². The molecule has 0 spiro atoms. The third kappa shape index (κ3) is 4.47. The quantitative estimate of drug-likeness (QED) is 0.726. The van der Waals surface area contributed by atoms with E-state index in [0.29, 0.717) is 11.4 Å². The van der Waals surface area contributed by atoms with E-state index in [4.69, 9.17) is 4.42 Å². The third-order valence-corrected chi connectivity index (χ3v) is 2.81. The Kier molecular flexibility index (Phi) is 5.11. The molecule has 110 valence electrons. The molecule has 1 aromatic carbocycles. The van der Waals surface area contributed by atoms with Crippen molar-refractivity contribution < 1.29 is 19.1 Å². The van der Waals surface area contributed by atoms with Gasteiger partial charge in [0.1, 0.15) is 11.9 Å². The SMILES string of the molecule is O=C(NCCC(O)c1ccco1)C(=O)Nc1ccccc1. The van der Waals surface area contributed by atoms with Crippen molar-refractivity contribution in [2.75, 3.05) is 11.9 Å². The molecule has 1 aromatic heterocycles. The van der Waals surface area contributed by atoms with Crippen molar-refractivity contribution in [1.82, 2.24) is 5.32 Å². The minimum atomic E-state index is -0.808. The maximum Gasteiger partial charge on any atom is 0.313 e. The second-order valence-electron chi connectivity index (χ2n) is 4.40. The first-order valence-electron chi connectivity index (χ1n) is 6.52. The number of nitrogens with one attached hydrogen (secondary N) is 2. The molecule has 1 atom stereocenters. The smallest absolute Gasteiger partial charge is 0.313 e. The van der Waals surface area contributed by atoms with Crippen molar-refractivity contribution in [3.8, 4) is 0 Å². The van der Waals surface area contributed by atoms with Gasteiger partial charge in [0.25, 0.3) is 0 Å². The maximum absolute atomic E-state index is 11.6. The first-order valence-corrected chi connectivity index (χ1v) is 6.52. The number of hydrogen-bond donors (Lipinski definition) is 3. The van der Waals surface area contributed by atoms with Gasteiger partial charge in [-0.2, -0.15) is 0 Å². The molecular formula is C15H16N2O4. The van der Waals surface area contributed by atoms with E-state index in [2.05, 4.69) is 10.6 Å². The molecule has 2 amide bonds. The van der Waals surface area contributed by atoms with Gasteiger partial charge in [-0.25, -0.2) is 0 Å². The maximum atomic E-state index is 11.6. The number of hydrogen-bond acceptors (Lipinski definition) is 4. The van der Waals surface area contributed by atoms with Crippen LogP contribution >= 0.6 is 0 Å². The van der Waals surface area contributed by atoms with Gasteiger partial charge in [-0.05, 0) is 30.7 Å². The lowest BCUT2D eigenvalue weighted by Crippen LogP contribution is -2.36. The standard InChI is InChI=1S/C15H16N2O4/c18-12(13-7-4-10-21-13)8-9-16-14(19)15(20)17-11-5-2-1-3-6-11/h1-7,10,12,18H,8-9H2,(H,16,19)(H,17,20).